The van der Waals surface area contributed by atoms with Gasteiger partial charge in [-0.3, -0.25) is 0 Å². The molecule has 0 heterocycles. The highest BCUT2D eigenvalue weighted by Crippen LogP contribution is 2.28. The van der Waals surface area contributed by atoms with Crippen LogP contribution in [-0.4, -0.2) is 0 Å². The molecule has 0 unspecified atom stereocenters. The Balaban J connectivity index is 0.000000541. The van der Waals surface area contributed by atoms with Gasteiger partial charge in [0.1, 0.15) is 0 Å². The van der Waals surface area contributed by atoms with Crippen LogP contribution in [0.4, 0.5) is 0 Å². The number of hydrogen-bond acceptors (Lipinski definition) is 0. The van der Waals surface area contributed by atoms with Crippen molar-refractivity contribution >= 4 is 0 Å². The Morgan fingerprint density at radius 2 is 1.27 bits per heavy atom. The van der Waals surface area contributed by atoms with Crippen LogP contribution in [0.15, 0.2) is 30.3 Å². The van der Waals surface area contributed by atoms with Crippen molar-refractivity contribution in [2.24, 2.45) is 5.92 Å². The van der Waals surface area contributed by atoms with Gasteiger partial charge in [0.15, 0.2) is 0 Å². The molecule has 0 aliphatic rings. The SMILES string of the molecule is CC(C)C.CCc1ccc(-c2cc(C)c(C)cc2C)cc1C. The highest BCUT2D eigenvalue weighted by atomic mass is 14.1. The van der Waals surface area contributed by atoms with E-state index in [1.54, 1.807) is 0 Å². The lowest BCUT2D eigenvalue weighted by atomic mass is 9.93. The predicted molar refractivity (Wildman–Crippen MR) is 101 cm³/mol. The molecule has 0 saturated heterocycles. The first-order chi connectivity index (χ1) is 10.3. The van der Waals surface area contributed by atoms with Crippen molar-refractivity contribution in [2.45, 2.75) is 61.8 Å². The molecule has 0 heteroatoms. The molecule has 0 fully saturated rings. The molecule has 0 aliphatic heterocycles. The summed E-state index contributed by atoms with van der Waals surface area (Å²) in [4.78, 5) is 0. The topological polar surface area (TPSA) is 0 Å². The van der Waals surface area contributed by atoms with E-state index >= 15 is 0 Å². The summed E-state index contributed by atoms with van der Waals surface area (Å²) in [5.41, 5.74) is 9.65. The zero-order chi connectivity index (χ0) is 16.9. The van der Waals surface area contributed by atoms with Gasteiger partial charge in [0.2, 0.25) is 0 Å². The van der Waals surface area contributed by atoms with E-state index < -0.39 is 0 Å². The maximum atomic E-state index is 2.32. The molecule has 0 aliphatic carbocycles. The molecule has 0 amide bonds. The van der Waals surface area contributed by atoms with Crippen molar-refractivity contribution in [1.29, 1.82) is 0 Å². The Labute approximate surface area is 137 Å². The smallest absolute Gasteiger partial charge is 0.0152 e. The molecule has 2 aromatic rings. The predicted octanol–water partition coefficient (Wildman–Crippen LogP) is 6.81. The van der Waals surface area contributed by atoms with Crippen molar-refractivity contribution in [1.82, 2.24) is 0 Å². The van der Waals surface area contributed by atoms with Gasteiger partial charge in [-0.25, -0.2) is 0 Å². The van der Waals surface area contributed by atoms with E-state index in [4.69, 9.17) is 0 Å². The summed E-state index contributed by atoms with van der Waals surface area (Å²) in [6.07, 6.45) is 1.11. The van der Waals surface area contributed by atoms with Crippen LogP contribution in [0.5, 0.6) is 0 Å². The van der Waals surface area contributed by atoms with Gasteiger partial charge in [-0.05, 0) is 79.0 Å². The first-order valence-corrected chi connectivity index (χ1v) is 8.44. The first kappa shape index (κ1) is 18.5. The van der Waals surface area contributed by atoms with Gasteiger partial charge in [0.25, 0.3) is 0 Å². The van der Waals surface area contributed by atoms with Crippen LogP contribution >= 0.6 is 0 Å². The number of rotatable bonds is 2. The van der Waals surface area contributed by atoms with Gasteiger partial charge < -0.3 is 0 Å². The van der Waals surface area contributed by atoms with Crippen LogP contribution < -0.4 is 0 Å². The van der Waals surface area contributed by atoms with E-state index in [2.05, 4.69) is 85.7 Å². The largest absolute Gasteiger partial charge is 0.0630 e. The Kier molecular flexibility index (Phi) is 6.87. The molecule has 0 spiro atoms. The molecule has 0 nitrogen and oxygen atoms in total. The summed E-state index contributed by atoms with van der Waals surface area (Å²) in [6, 6.07) is 11.4. The second-order valence-electron chi connectivity index (χ2n) is 6.98. The lowest BCUT2D eigenvalue weighted by molar-refractivity contribution is 0.737. The van der Waals surface area contributed by atoms with E-state index in [0.29, 0.717) is 0 Å². The molecular formula is C22H32. The fourth-order valence-corrected chi connectivity index (χ4v) is 2.53. The molecule has 22 heavy (non-hydrogen) atoms. The van der Waals surface area contributed by atoms with Crippen LogP contribution in [-0.2, 0) is 6.42 Å². The lowest BCUT2D eigenvalue weighted by Crippen LogP contribution is -1.91. The summed E-state index contributed by atoms with van der Waals surface area (Å²) >= 11 is 0. The monoisotopic (exact) mass is 296 g/mol. The zero-order valence-corrected chi connectivity index (χ0v) is 15.7. The van der Waals surface area contributed by atoms with Gasteiger partial charge in [0, 0.05) is 0 Å². The van der Waals surface area contributed by atoms with E-state index in [1.165, 1.54) is 38.9 Å². The second kappa shape index (κ2) is 8.17. The number of hydrogen-bond donors (Lipinski definition) is 0. The normalized spacial score (nSPS) is 10.4. The average Bonchev–Trinajstić information content (AvgIpc) is 2.42. The Bertz CT molecular complexity index is 615. The molecule has 120 valence electrons. The van der Waals surface area contributed by atoms with Crippen molar-refractivity contribution in [3.05, 3.63) is 58.1 Å². The van der Waals surface area contributed by atoms with Crippen molar-refractivity contribution < 1.29 is 0 Å². The minimum absolute atomic E-state index is 0.833. The summed E-state index contributed by atoms with van der Waals surface area (Å²) in [5.74, 6) is 0.833. The Morgan fingerprint density at radius 1 is 0.727 bits per heavy atom. The van der Waals surface area contributed by atoms with Crippen LogP contribution in [0.1, 0.15) is 55.5 Å². The summed E-state index contributed by atoms with van der Waals surface area (Å²) in [5, 5.41) is 0. The van der Waals surface area contributed by atoms with Gasteiger partial charge in [-0.1, -0.05) is 58.0 Å². The van der Waals surface area contributed by atoms with Crippen LogP contribution in [0, 0.1) is 33.6 Å². The van der Waals surface area contributed by atoms with Gasteiger partial charge in [0.05, 0.1) is 0 Å². The highest BCUT2D eigenvalue weighted by molar-refractivity contribution is 5.69. The molecule has 2 aromatic carbocycles. The van der Waals surface area contributed by atoms with Crippen LogP contribution in [0.25, 0.3) is 11.1 Å². The molecule has 0 radical (unpaired) electrons. The third kappa shape index (κ3) is 5.02. The van der Waals surface area contributed by atoms with Crippen LogP contribution in [0.3, 0.4) is 0 Å². The second-order valence-corrected chi connectivity index (χ2v) is 6.98. The summed E-state index contributed by atoms with van der Waals surface area (Å²) in [7, 11) is 0. The third-order valence-corrected chi connectivity index (χ3v) is 3.88. The van der Waals surface area contributed by atoms with Crippen molar-refractivity contribution in [2.75, 3.05) is 0 Å². The van der Waals surface area contributed by atoms with E-state index in [-0.39, 0.29) is 0 Å². The highest BCUT2D eigenvalue weighted by Gasteiger charge is 2.06. The zero-order valence-electron chi connectivity index (χ0n) is 15.7. The fraction of sp³-hybridized carbons (Fsp3) is 0.455. The average molecular weight is 296 g/mol. The molecule has 0 N–H and O–H groups in total. The van der Waals surface area contributed by atoms with Crippen molar-refractivity contribution in [3.8, 4) is 11.1 Å². The van der Waals surface area contributed by atoms with Crippen LogP contribution in [0.2, 0.25) is 0 Å². The van der Waals surface area contributed by atoms with Gasteiger partial charge in [-0.15, -0.1) is 0 Å². The van der Waals surface area contributed by atoms with Crippen molar-refractivity contribution in [3.63, 3.8) is 0 Å². The molecule has 0 bridgehead atoms. The molecular weight excluding hydrogens is 264 g/mol. The van der Waals surface area contributed by atoms with E-state index in [1.807, 2.05) is 0 Å². The maximum absolute atomic E-state index is 2.32. The van der Waals surface area contributed by atoms with E-state index in [9.17, 15) is 0 Å². The minimum Gasteiger partial charge on any atom is -0.0630 e. The molecule has 2 rings (SSSR count). The minimum atomic E-state index is 0.833. The van der Waals surface area contributed by atoms with Gasteiger partial charge >= 0.3 is 0 Å². The number of aryl methyl sites for hydroxylation is 5. The lowest BCUT2D eigenvalue weighted by Gasteiger charge is -2.12. The molecule has 0 atom stereocenters. The Hall–Kier alpha value is -1.56. The molecule has 0 aromatic heterocycles. The van der Waals surface area contributed by atoms with E-state index in [0.717, 1.165) is 12.3 Å². The molecule has 0 saturated carbocycles. The Morgan fingerprint density at radius 3 is 1.77 bits per heavy atom. The van der Waals surface area contributed by atoms with Gasteiger partial charge in [-0.2, -0.15) is 0 Å². The standard InChI is InChI=1S/C18H22.C4H10/c1-6-16-7-8-17(10-14(16)4)18-11-13(3)12(2)9-15(18)5;1-4(2)3/h7-11H,6H2,1-5H3;4H,1-3H3. The summed E-state index contributed by atoms with van der Waals surface area (Å²) < 4.78 is 0. The third-order valence-electron chi connectivity index (χ3n) is 3.88. The number of benzene rings is 2. The summed E-state index contributed by atoms with van der Waals surface area (Å²) in [6.45, 7) is 17.5. The first-order valence-electron chi connectivity index (χ1n) is 8.44. The quantitative estimate of drug-likeness (QED) is 0.571. The fourth-order valence-electron chi connectivity index (χ4n) is 2.53. The maximum Gasteiger partial charge on any atom is -0.0152 e.